The number of carbonyl (C=O) groups excluding carboxylic acids is 1. The molecule has 0 radical (unpaired) electrons. The number of rotatable bonds is 6. The molecule has 110 valence electrons. The number of amides is 1. The van der Waals surface area contributed by atoms with E-state index in [1.165, 1.54) is 11.8 Å². The van der Waals surface area contributed by atoms with Crippen LogP contribution < -0.4 is 5.73 Å². The summed E-state index contributed by atoms with van der Waals surface area (Å²) in [6.45, 7) is 8.32. The van der Waals surface area contributed by atoms with Crippen molar-refractivity contribution in [2.75, 3.05) is 13.1 Å². The normalized spacial score (nSPS) is 16.4. The second kappa shape index (κ2) is 6.90. The fourth-order valence-corrected chi connectivity index (χ4v) is 3.23. The zero-order chi connectivity index (χ0) is 14.5. The number of allylic oxidation sites excluding steroid dienone is 1. The maximum atomic E-state index is 12.3. The van der Waals surface area contributed by atoms with Crippen LogP contribution in [0.1, 0.15) is 25.6 Å². The lowest BCUT2D eigenvalue weighted by molar-refractivity contribution is -0.129. The lowest BCUT2D eigenvalue weighted by Gasteiger charge is -2.19. The summed E-state index contributed by atoms with van der Waals surface area (Å²) in [7, 11) is 0. The Morgan fingerprint density at radius 3 is 2.80 bits per heavy atom. The third-order valence-electron chi connectivity index (χ3n) is 3.34. The number of hydrogen-bond donors (Lipinski definition) is 1. The van der Waals surface area contributed by atoms with Gasteiger partial charge in [0.1, 0.15) is 5.82 Å². The van der Waals surface area contributed by atoms with Crippen LogP contribution in [-0.2, 0) is 17.9 Å². The van der Waals surface area contributed by atoms with Crippen molar-refractivity contribution >= 4 is 17.7 Å². The van der Waals surface area contributed by atoms with Crippen molar-refractivity contribution in [1.82, 2.24) is 19.7 Å². The number of aromatic nitrogens is 3. The van der Waals surface area contributed by atoms with Gasteiger partial charge in [-0.05, 0) is 19.8 Å². The molecule has 1 aromatic heterocycles. The molecule has 6 nitrogen and oxygen atoms in total. The Morgan fingerprint density at radius 2 is 2.20 bits per heavy atom. The summed E-state index contributed by atoms with van der Waals surface area (Å²) in [5.41, 5.74) is 5.64. The average molecular weight is 295 g/mol. The first-order valence-electron chi connectivity index (χ1n) is 6.85. The van der Waals surface area contributed by atoms with Crippen LogP contribution in [0, 0.1) is 0 Å². The van der Waals surface area contributed by atoms with Crippen LogP contribution in [0.4, 0.5) is 0 Å². The Balaban J connectivity index is 2.06. The van der Waals surface area contributed by atoms with Gasteiger partial charge in [-0.1, -0.05) is 17.8 Å². The molecule has 1 saturated heterocycles. The molecule has 0 spiro atoms. The van der Waals surface area contributed by atoms with Crippen LogP contribution in [-0.4, -0.2) is 43.9 Å². The highest BCUT2D eigenvalue weighted by atomic mass is 32.2. The standard InChI is InChI=1S/C13H21N5OS/c1-3-6-18-11(9-14)15-16-13(18)20-10(2)12(19)17-7-4-5-8-17/h3,10H,1,4-9,14H2,2H3/t10-/m1/s1. The van der Waals surface area contributed by atoms with E-state index in [2.05, 4.69) is 16.8 Å². The number of nitrogens with zero attached hydrogens (tertiary/aromatic N) is 4. The fourth-order valence-electron chi connectivity index (χ4n) is 2.27. The smallest absolute Gasteiger partial charge is 0.235 e. The highest BCUT2D eigenvalue weighted by molar-refractivity contribution is 8.00. The lowest BCUT2D eigenvalue weighted by Crippen LogP contribution is -2.34. The van der Waals surface area contributed by atoms with E-state index in [1.807, 2.05) is 16.4 Å². The minimum Gasteiger partial charge on any atom is -0.342 e. The van der Waals surface area contributed by atoms with E-state index < -0.39 is 0 Å². The highest BCUT2D eigenvalue weighted by Crippen LogP contribution is 2.25. The van der Waals surface area contributed by atoms with Crippen molar-refractivity contribution < 1.29 is 4.79 Å². The maximum Gasteiger partial charge on any atom is 0.235 e. The summed E-state index contributed by atoms with van der Waals surface area (Å²) in [4.78, 5) is 14.2. The van der Waals surface area contributed by atoms with E-state index in [4.69, 9.17) is 5.73 Å². The molecule has 1 fully saturated rings. The SMILES string of the molecule is C=CCn1c(CN)nnc1S[C@H](C)C(=O)N1CCCC1. The van der Waals surface area contributed by atoms with E-state index in [-0.39, 0.29) is 11.2 Å². The minimum absolute atomic E-state index is 0.161. The van der Waals surface area contributed by atoms with Crippen LogP contribution in [0.5, 0.6) is 0 Å². The van der Waals surface area contributed by atoms with E-state index >= 15 is 0 Å². The first-order valence-corrected chi connectivity index (χ1v) is 7.73. The summed E-state index contributed by atoms with van der Waals surface area (Å²) in [6, 6.07) is 0. The van der Waals surface area contributed by atoms with Gasteiger partial charge in [-0.3, -0.25) is 4.79 Å². The van der Waals surface area contributed by atoms with Crippen LogP contribution >= 0.6 is 11.8 Å². The van der Waals surface area contributed by atoms with Crippen molar-refractivity contribution in [1.29, 1.82) is 0 Å². The molecule has 0 bridgehead atoms. The molecule has 0 unspecified atom stereocenters. The maximum absolute atomic E-state index is 12.3. The van der Waals surface area contributed by atoms with Gasteiger partial charge in [0.15, 0.2) is 5.16 Å². The van der Waals surface area contributed by atoms with Crippen LogP contribution in [0.2, 0.25) is 0 Å². The van der Waals surface area contributed by atoms with Crippen molar-refractivity contribution in [3.63, 3.8) is 0 Å². The number of hydrogen-bond acceptors (Lipinski definition) is 5. The zero-order valence-electron chi connectivity index (χ0n) is 11.8. The van der Waals surface area contributed by atoms with E-state index in [0.717, 1.165) is 31.1 Å². The molecule has 1 amide bonds. The molecule has 1 aliphatic rings. The first kappa shape index (κ1) is 15.1. The second-order valence-corrected chi connectivity index (χ2v) is 6.10. The summed E-state index contributed by atoms with van der Waals surface area (Å²) in [5, 5.41) is 8.76. The van der Waals surface area contributed by atoms with E-state index in [1.54, 1.807) is 6.08 Å². The minimum atomic E-state index is -0.161. The third kappa shape index (κ3) is 3.21. The summed E-state index contributed by atoms with van der Waals surface area (Å²) in [6.07, 6.45) is 3.99. The molecule has 0 aromatic carbocycles. The van der Waals surface area contributed by atoms with Crippen molar-refractivity contribution in [2.45, 2.75) is 43.3 Å². The number of thioether (sulfide) groups is 1. The fraction of sp³-hybridized carbons (Fsp3) is 0.615. The largest absolute Gasteiger partial charge is 0.342 e. The quantitative estimate of drug-likeness (QED) is 0.626. The van der Waals surface area contributed by atoms with Gasteiger partial charge in [-0.15, -0.1) is 16.8 Å². The van der Waals surface area contributed by atoms with E-state index in [9.17, 15) is 4.79 Å². The van der Waals surface area contributed by atoms with Gasteiger partial charge >= 0.3 is 0 Å². The van der Waals surface area contributed by atoms with Crippen molar-refractivity contribution in [3.8, 4) is 0 Å². The Hall–Kier alpha value is -1.34. The molecular weight excluding hydrogens is 274 g/mol. The Bertz CT molecular complexity index is 481. The van der Waals surface area contributed by atoms with E-state index in [0.29, 0.717) is 18.9 Å². The Morgan fingerprint density at radius 1 is 1.50 bits per heavy atom. The molecule has 0 aliphatic carbocycles. The van der Waals surface area contributed by atoms with Gasteiger partial charge < -0.3 is 15.2 Å². The predicted molar refractivity (Wildman–Crippen MR) is 79.2 cm³/mol. The molecular formula is C13H21N5OS. The zero-order valence-corrected chi connectivity index (χ0v) is 12.6. The molecule has 1 aliphatic heterocycles. The third-order valence-corrected chi connectivity index (χ3v) is 4.40. The molecule has 7 heteroatoms. The number of carbonyl (C=O) groups is 1. The molecule has 20 heavy (non-hydrogen) atoms. The molecule has 1 aromatic rings. The molecule has 0 saturated carbocycles. The number of likely N-dealkylation sites (tertiary alicyclic amines) is 1. The summed E-state index contributed by atoms with van der Waals surface area (Å²) in [5.74, 6) is 0.892. The summed E-state index contributed by atoms with van der Waals surface area (Å²) < 4.78 is 1.91. The van der Waals surface area contributed by atoms with Gasteiger partial charge in [0, 0.05) is 19.6 Å². The Labute approximate surface area is 123 Å². The molecule has 2 rings (SSSR count). The van der Waals surface area contributed by atoms with Crippen LogP contribution in [0.15, 0.2) is 17.8 Å². The van der Waals surface area contributed by atoms with Crippen molar-refractivity contribution in [2.24, 2.45) is 5.73 Å². The van der Waals surface area contributed by atoms with Gasteiger partial charge in [-0.2, -0.15) is 0 Å². The lowest BCUT2D eigenvalue weighted by atomic mass is 10.4. The van der Waals surface area contributed by atoms with Gasteiger partial charge in [-0.25, -0.2) is 0 Å². The van der Waals surface area contributed by atoms with Gasteiger partial charge in [0.05, 0.1) is 11.8 Å². The first-order chi connectivity index (χ1) is 9.67. The van der Waals surface area contributed by atoms with Gasteiger partial charge in [0.25, 0.3) is 0 Å². The van der Waals surface area contributed by atoms with Crippen LogP contribution in [0.3, 0.4) is 0 Å². The van der Waals surface area contributed by atoms with Crippen LogP contribution in [0.25, 0.3) is 0 Å². The molecule has 1 atom stereocenters. The monoisotopic (exact) mass is 295 g/mol. The average Bonchev–Trinajstić information content (AvgIpc) is 3.09. The molecule has 2 heterocycles. The van der Waals surface area contributed by atoms with Gasteiger partial charge in [0.2, 0.25) is 5.91 Å². The second-order valence-electron chi connectivity index (χ2n) is 4.79. The Kier molecular flexibility index (Phi) is 5.19. The van der Waals surface area contributed by atoms with Crippen molar-refractivity contribution in [3.05, 3.63) is 18.5 Å². The predicted octanol–water partition coefficient (Wildman–Crippen LogP) is 1.03. The number of nitrogens with two attached hydrogens (primary N) is 1. The highest BCUT2D eigenvalue weighted by Gasteiger charge is 2.25. The summed E-state index contributed by atoms with van der Waals surface area (Å²) >= 11 is 1.44. The topological polar surface area (TPSA) is 77.0 Å². The molecule has 2 N–H and O–H groups in total.